The highest BCUT2D eigenvalue weighted by Crippen LogP contribution is 2.25. The van der Waals surface area contributed by atoms with Crippen molar-refractivity contribution >= 4 is 17.4 Å². The third-order valence-electron chi connectivity index (χ3n) is 2.48. The van der Waals surface area contributed by atoms with Crippen molar-refractivity contribution in [1.29, 1.82) is 0 Å². The van der Waals surface area contributed by atoms with Gasteiger partial charge in [-0.3, -0.25) is 0 Å². The SMILES string of the molecule is CC(C)c1nc(Cl)cc(N(CC(F)(F)F)C(C)C)n1. The van der Waals surface area contributed by atoms with Gasteiger partial charge < -0.3 is 4.90 Å². The van der Waals surface area contributed by atoms with Crippen molar-refractivity contribution in [2.45, 2.75) is 45.8 Å². The van der Waals surface area contributed by atoms with Crippen LogP contribution in [0.5, 0.6) is 0 Å². The minimum absolute atomic E-state index is 0.00245. The number of alkyl halides is 3. The van der Waals surface area contributed by atoms with Crippen molar-refractivity contribution in [3.63, 3.8) is 0 Å². The van der Waals surface area contributed by atoms with Crippen LogP contribution >= 0.6 is 11.6 Å². The molecule has 0 atom stereocenters. The molecule has 0 amide bonds. The van der Waals surface area contributed by atoms with Gasteiger partial charge in [-0.25, -0.2) is 9.97 Å². The molecule has 0 fully saturated rings. The molecule has 0 aliphatic rings. The lowest BCUT2D eigenvalue weighted by atomic mass is 10.2. The Morgan fingerprint density at radius 3 is 2.21 bits per heavy atom. The molecule has 0 N–H and O–H groups in total. The monoisotopic (exact) mass is 295 g/mol. The zero-order valence-electron chi connectivity index (χ0n) is 11.3. The molecule has 7 heteroatoms. The van der Waals surface area contributed by atoms with E-state index in [2.05, 4.69) is 9.97 Å². The molecule has 1 heterocycles. The van der Waals surface area contributed by atoms with Gasteiger partial charge in [0.15, 0.2) is 0 Å². The first-order valence-corrected chi connectivity index (χ1v) is 6.36. The Balaban J connectivity index is 3.16. The summed E-state index contributed by atoms with van der Waals surface area (Å²) in [5, 5.41) is 0.154. The van der Waals surface area contributed by atoms with Crippen LogP contribution in [0.1, 0.15) is 39.4 Å². The zero-order valence-corrected chi connectivity index (χ0v) is 12.0. The van der Waals surface area contributed by atoms with E-state index in [1.165, 1.54) is 11.0 Å². The Hall–Kier alpha value is -1.04. The molecule has 0 bridgehead atoms. The third-order valence-corrected chi connectivity index (χ3v) is 2.68. The van der Waals surface area contributed by atoms with E-state index in [1.807, 2.05) is 13.8 Å². The molecule has 0 spiro atoms. The van der Waals surface area contributed by atoms with Gasteiger partial charge in [0.25, 0.3) is 0 Å². The second kappa shape index (κ2) is 5.94. The van der Waals surface area contributed by atoms with Crippen LogP contribution in [0.25, 0.3) is 0 Å². The molecule has 0 aliphatic heterocycles. The molecule has 0 aliphatic carbocycles. The van der Waals surface area contributed by atoms with Crippen LogP contribution in [0.15, 0.2) is 6.07 Å². The van der Waals surface area contributed by atoms with Gasteiger partial charge >= 0.3 is 6.18 Å². The highest BCUT2D eigenvalue weighted by molar-refractivity contribution is 6.29. The van der Waals surface area contributed by atoms with Crippen molar-refractivity contribution in [2.24, 2.45) is 0 Å². The maximum absolute atomic E-state index is 12.6. The highest BCUT2D eigenvalue weighted by atomic mass is 35.5. The molecular weight excluding hydrogens is 279 g/mol. The lowest BCUT2D eigenvalue weighted by Gasteiger charge is -2.29. The summed E-state index contributed by atoms with van der Waals surface area (Å²) in [6.45, 7) is 6.01. The smallest absolute Gasteiger partial charge is 0.345 e. The highest BCUT2D eigenvalue weighted by Gasteiger charge is 2.32. The van der Waals surface area contributed by atoms with E-state index in [0.717, 1.165) is 0 Å². The molecule has 0 saturated carbocycles. The van der Waals surface area contributed by atoms with Crippen molar-refractivity contribution in [3.05, 3.63) is 17.0 Å². The zero-order chi connectivity index (χ0) is 14.8. The fraction of sp³-hybridized carbons (Fsp3) is 0.667. The van der Waals surface area contributed by atoms with Crippen LogP contribution in [-0.2, 0) is 0 Å². The van der Waals surface area contributed by atoms with Crippen LogP contribution in [-0.4, -0.2) is 28.7 Å². The molecular formula is C12H17ClF3N3. The van der Waals surface area contributed by atoms with E-state index in [0.29, 0.717) is 5.82 Å². The van der Waals surface area contributed by atoms with Gasteiger partial charge in [-0.2, -0.15) is 13.2 Å². The summed E-state index contributed by atoms with van der Waals surface area (Å²) < 4.78 is 37.8. The van der Waals surface area contributed by atoms with Crippen molar-refractivity contribution in [1.82, 2.24) is 9.97 Å². The molecule has 3 nitrogen and oxygen atoms in total. The van der Waals surface area contributed by atoms with Gasteiger partial charge in [0.2, 0.25) is 0 Å². The molecule has 0 unspecified atom stereocenters. The first-order valence-electron chi connectivity index (χ1n) is 5.98. The minimum atomic E-state index is -4.29. The van der Waals surface area contributed by atoms with Crippen molar-refractivity contribution < 1.29 is 13.2 Å². The van der Waals surface area contributed by atoms with E-state index in [4.69, 9.17) is 11.6 Å². The summed E-state index contributed by atoms with van der Waals surface area (Å²) in [6, 6.07) is 1.02. The van der Waals surface area contributed by atoms with E-state index in [-0.39, 0.29) is 22.9 Å². The van der Waals surface area contributed by atoms with Gasteiger partial charge in [0.1, 0.15) is 23.3 Å². The standard InChI is InChI=1S/C12H17ClF3N3/c1-7(2)11-17-9(13)5-10(18-11)19(8(3)4)6-12(14,15)16/h5,7-8H,6H2,1-4H3. The number of hydrogen-bond donors (Lipinski definition) is 0. The topological polar surface area (TPSA) is 29.0 Å². The number of hydrogen-bond acceptors (Lipinski definition) is 3. The summed E-state index contributed by atoms with van der Waals surface area (Å²) in [6.07, 6.45) is -4.29. The van der Waals surface area contributed by atoms with Gasteiger partial charge in [0.05, 0.1) is 0 Å². The molecule has 1 aromatic rings. The third kappa shape index (κ3) is 4.86. The average molecular weight is 296 g/mol. The molecule has 0 aromatic carbocycles. The number of rotatable bonds is 4. The number of nitrogens with zero attached hydrogens (tertiary/aromatic N) is 3. The molecule has 1 rings (SSSR count). The van der Waals surface area contributed by atoms with Crippen LogP contribution < -0.4 is 4.90 Å². The number of anilines is 1. The normalized spacial score (nSPS) is 12.3. The Morgan fingerprint density at radius 1 is 1.21 bits per heavy atom. The maximum atomic E-state index is 12.6. The Bertz CT molecular complexity index is 433. The first-order chi connectivity index (χ1) is 8.60. The predicted molar refractivity (Wildman–Crippen MR) is 69.7 cm³/mol. The molecule has 0 saturated heterocycles. The number of aromatic nitrogens is 2. The van der Waals surface area contributed by atoms with Gasteiger partial charge in [0, 0.05) is 18.0 Å². The summed E-state index contributed by atoms with van der Waals surface area (Å²) in [7, 11) is 0. The van der Waals surface area contributed by atoms with E-state index in [1.54, 1.807) is 13.8 Å². The Labute approximate surface area is 115 Å². The van der Waals surface area contributed by atoms with Gasteiger partial charge in [-0.15, -0.1) is 0 Å². The van der Waals surface area contributed by atoms with E-state index in [9.17, 15) is 13.2 Å². The summed E-state index contributed by atoms with van der Waals surface area (Å²) >= 11 is 5.86. The van der Waals surface area contributed by atoms with E-state index >= 15 is 0 Å². The van der Waals surface area contributed by atoms with E-state index < -0.39 is 12.7 Å². The average Bonchev–Trinajstić information content (AvgIpc) is 2.23. The lowest BCUT2D eigenvalue weighted by molar-refractivity contribution is -0.120. The fourth-order valence-corrected chi connectivity index (χ4v) is 1.73. The maximum Gasteiger partial charge on any atom is 0.405 e. The lowest BCUT2D eigenvalue weighted by Crippen LogP contribution is -2.39. The number of halogens is 4. The Morgan fingerprint density at radius 2 is 1.79 bits per heavy atom. The van der Waals surface area contributed by atoms with Crippen molar-refractivity contribution in [2.75, 3.05) is 11.4 Å². The predicted octanol–water partition coefficient (Wildman–Crippen LogP) is 4.03. The van der Waals surface area contributed by atoms with Gasteiger partial charge in [-0.05, 0) is 13.8 Å². The largest absolute Gasteiger partial charge is 0.405 e. The first kappa shape index (κ1) is 16.0. The molecule has 1 aromatic heterocycles. The van der Waals surface area contributed by atoms with Crippen molar-refractivity contribution in [3.8, 4) is 0 Å². The molecule has 108 valence electrons. The molecule has 19 heavy (non-hydrogen) atoms. The van der Waals surface area contributed by atoms with Crippen LogP contribution in [0.2, 0.25) is 5.15 Å². The minimum Gasteiger partial charge on any atom is -0.345 e. The second-order valence-corrected chi connectivity index (χ2v) is 5.29. The van der Waals surface area contributed by atoms with Gasteiger partial charge in [-0.1, -0.05) is 25.4 Å². The second-order valence-electron chi connectivity index (χ2n) is 4.90. The summed E-state index contributed by atoms with van der Waals surface area (Å²) in [5.41, 5.74) is 0. The quantitative estimate of drug-likeness (QED) is 0.785. The summed E-state index contributed by atoms with van der Waals surface area (Å²) in [4.78, 5) is 9.35. The van der Waals surface area contributed by atoms with Crippen LogP contribution in [0.3, 0.4) is 0 Å². The fourth-order valence-electron chi connectivity index (χ4n) is 1.55. The molecule has 0 radical (unpaired) electrons. The van der Waals surface area contributed by atoms with Crippen LogP contribution in [0.4, 0.5) is 19.0 Å². The summed E-state index contributed by atoms with van der Waals surface area (Å²) in [5.74, 6) is 0.642. The Kier molecular flexibility index (Phi) is 5.01. The van der Waals surface area contributed by atoms with Crippen LogP contribution in [0, 0.1) is 0 Å².